The maximum atomic E-state index is 11.4. The second kappa shape index (κ2) is 9.75. The Hall–Kier alpha value is -0.100. The Balaban J connectivity index is 3.51. The molecule has 1 N–H and O–H groups in total. The van der Waals surface area contributed by atoms with E-state index in [9.17, 15) is 9.59 Å². The number of nitrogens with one attached hydrogen (secondary N) is 1. The van der Waals surface area contributed by atoms with E-state index in [1.807, 2.05) is 20.8 Å². The number of unbranched alkanes of at least 4 members (excludes halogenated alkanes) is 2. The first-order valence-electron chi connectivity index (χ1n) is 6.46. The van der Waals surface area contributed by atoms with Crippen molar-refractivity contribution in [2.45, 2.75) is 56.9 Å². The maximum absolute atomic E-state index is 11.4. The van der Waals surface area contributed by atoms with Crippen LogP contribution in [0.15, 0.2) is 0 Å². The molecular formula is C13H23Br2NO3. The molecule has 1 unspecified atom stereocenters. The van der Waals surface area contributed by atoms with E-state index in [0.29, 0.717) is 18.3 Å². The summed E-state index contributed by atoms with van der Waals surface area (Å²) in [4.78, 5) is 22.6. The number of hydrogen-bond donors (Lipinski definition) is 1. The third kappa shape index (κ3) is 11.4. The number of hydrogen-bond acceptors (Lipinski definition) is 3. The number of halogens is 2. The first-order chi connectivity index (χ1) is 8.76. The molecule has 0 aliphatic carbocycles. The first kappa shape index (κ1) is 18.9. The van der Waals surface area contributed by atoms with Crippen LogP contribution in [0, 0.1) is 0 Å². The average Bonchev–Trinajstić information content (AvgIpc) is 2.29. The fourth-order valence-electron chi connectivity index (χ4n) is 1.36. The van der Waals surface area contributed by atoms with Crippen molar-refractivity contribution in [2.75, 3.05) is 11.9 Å². The third-order valence-corrected chi connectivity index (χ3v) is 4.45. The van der Waals surface area contributed by atoms with Gasteiger partial charge >= 0.3 is 5.97 Å². The van der Waals surface area contributed by atoms with Crippen LogP contribution >= 0.6 is 31.9 Å². The van der Waals surface area contributed by atoms with Gasteiger partial charge in [-0.25, -0.2) is 0 Å². The van der Waals surface area contributed by atoms with E-state index in [-0.39, 0.29) is 16.7 Å². The van der Waals surface area contributed by atoms with Gasteiger partial charge in [0.15, 0.2) is 0 Å². The zero-order chi connectivity index (χ0) is 14.9. The van der Waals surface area contributed by atoms with Crippen LogP contribution in [0.4, 0.5) is 0 Å². The van der Waals surface area contributed by atoms with Crippen LogP contribution in [-0.2, 0) is 14.3 Å². The number of rotatable bonds is 8. The van der Waals surface area contributed by atoms with E-state index in [2.05, 4.69) is 37.2 Å². The molecule has 0 heterocycles. The molecule has 0 rings (SSSR count). The molecule has 1 atom stereocenters. The summed E-state index contributed by atoms with van der Waals surface area (Å²) in [6, 6.07) is 0. The Bertz CT molecular complexity index is 290. The minimum atomic E-state index is -0.411. The van der Waals surface area contributed by atoms with Crippen molar-refractivity contribution in [3.63, 3.8) is 0 Å². The van der Waals surface area contributed by atoms with Gasteiger partial charge in [-0.2, -0.15) is 0 Å². The van der Waals surface area contributed by atoms with Crippen LogP contribution in [0.2, 0.25) is 0 Å². The van der Waals surface area contributed by atoms with Gasteiger partial charge < -0.3 is 10.1 Å². The average molecular weight is 401 g/mol. The van der Waals surface area contributed by atoms with Gasteiger partial charge in [0.1, 0.15) is 10.4 Å². The van der Waals surface area contributed by atoms with Crippen molar-refractivity contribution in [2.24, 2.45) is 0 Å². The molecule has 19 heavy (non-hydrogen) atoms. The Morgan fingerprint density at radius 2 is 1.84 bits per heavy atom. The molecule has 0 saturated carbocycles. The molecule has 0 spiro atoms. The van der Waals surface area contributed by atoms with Crippen molar-refractivity contribution in [1.82, 2.24) is 5.32 Å². The molecule has 0 aromatic rings. The minimum absolute atomic E-state index is 0.0102. The van der Waals surface area contributed by atoms with Gasteiger partial charge in [0.2, 0.25) is 5.91 Å². The van der Waals surface area contributed by atoms with Gasteiger partial charge in [0.25, 0.3) is 0 Å². The molecule has 6 heteroatoms. The van der Waals surface area contributed by atoms with Crippen LogP contribution in [-0.4, -0.2) is 34.2 Å². The zero-order valence-corrected chi connectivity index (χ0v) is 15.0. The molecule has 112 valence electrons. The summed E-state index contributed by atoms with van der Waals surface area (Å²) in [6.07, 6.45) is 3.01. The summed E-state index contributed by atoms with van der Waals surface area (Å²) in [6.45, 7) is 6.23. The Morgan fingerprint density at radius 3 is 2.37 bits per heavy atom. The molecule has 0 aromatic carbocycles. The third-order valence-electron chi connectivity index (χ3n) is 2.20. The minimum Gasteiger partial charge on any atom is -0.460 e. The highest BCUT2D eigenvalue weighted by Crippen LogP contribution is 2.10. The molecule has 0 aromatic heterocycles. The lowest BCUT2D eigenvalue weighted by atomic mass is 10.1. The van der Waals surface area contributed by atoms with Crippen LogP contribution < -0.4 is 5.32 Å². The van der Waals surface area contributed by atoms with E-state index in [1.54, 1.807) is 0 Å². The van der Waals surface area contributed by atoms with Crippen LogP contribution in [0.25, 0.3) is 0 Å². The summed E-state index contributed by atoms with van der Waals surface area (Å²) in [5.41, 5.74) is -0.411. The predicted molar refractivity (Wildman–Crippen MR) is 83.8 cm³/mol. The molecule has 0 fully saturated rings. The maximum Gasteiger partial charge on any atom is 0.306 e. The lowest BCUT2D eigenvalue weighted by Gasteiger charge is -2.19. The van der Waals surface area contributed by atoms with Crippen molar-refractivity contribution >= 4 is 43.7 Å². The van der Waals surface area contributed by atoms with Crippen LogP contribution in [0.1, 0.15) is 46.5 Å². The largest absolute Gasteiger partial charge is 0.460 e. The van der Waals surface area contributed by atoms with E-state index >= 15 is 0 Å². The van der Waals surface area contributed by atoms with E-state index in [0.717, 1.165) is 19.3 Å². The second-order valence-electron chi connectivity index (χ2n) is 5.31. The SMILES string of the molecule is CC(C)(C)OC(=O)CCCCCNC(=O)C(Br)CBr. The smallest absolute Gasteiger partial charge is 0.306 e. The molecule has 0 aliphatic heterocycles. The number of esters is 1. The Morgan fingerprint density at radius 1 is 1.21 bits per heavy atom. The fourth-order valence-corrected chi connectivity index (χ4v) is 1.81. The molecule has 0 aliphatic rings. The molecule has 0 bridgehead atoms. The van der Waals surface area contributed by atoms with Gasteiger partial charge in [-0.1, -0.05) is 38.3 Å². The number of amides is 1. The van der Waals surface area contributed by atoms with Gasteiger partial charge in [-0.3, -0.25) is 9.59 Å². The van der Waals surface area contributed by atoms with Gasteiger partial charge in [-0.05, 0) is 33.6 Å². The highest BCUT2D eigenvalue weighted by atomic mass is 79.9. The quantitative estimate of drug-likeness (QED) is 0.386. The predicted octanol–water partition coefficient (Wildman–Crippen LogP) is 3.16. The first-order valence-corrected chi connectivity index (χ1v) is 8.49. The number of alkyl halides is 2. The lowest BCUT2D eigenvalue weighted by Crippen LogP contribution is -2.32. The summed E-state index contributed by atoms with van der Waals surface area (Å²) in [7, 11) is 0. The monoisotopic (exact) mass is 399 g/mol. The molecular weight excluding hydrogens is 378 g/mol. The van der Waals surface area contributed by atoms with Gasteiger partial charge in [-0.15, -0.1) is 0 Å². The van der Waals surface area contributed by atoms with Gasteiger partial charge in [0.05, 0.1) is 0 Å². The van der Waals surface area contributed by atoms with Crippen LogP contribution in [0.5, 0.6) is 0 Å². The highest BCUT2D eigenvalue weighted by Gasteiger charge is 2.15. The second-order valence-corrected chi connectivity index (χ2v) is 7.06. The standard InChI is InChI=1S/C13H23Br2NO3/c1-13(2,3)19-11(17)7-5-4-6-8-16-12(18)10(15)9-14/h10H,4-9H2,1-3H3,(H,16,18). The van der Waals surface area contributed by atoms with Crippen LogP contribution in [0.3, 0.4) is 0 Å². The lowest BCUT2D eigenvalue weighted by molar-refractivity contribution is -0.154. The molecule has 1 amide bonds. The van der Waals surface area contributed by atoms with E-state index in [1.165, 1.54) is 0 Å². The molecule has 4 nitrogen and oxygen atoms in total. The Kier molecular flexibility index (Phi) is 9.70. The molecule has 0 radical (unpaired) electrons. The summed E-state index contributed by atoms with van der Waals surface area (Å²) >= 11 is 6.48. The summed E-state index contributed by atoms with van der Waals surface area (Å²) in [5.74, 6) is -0.166. The summed E-state index contributed by atoms with van der Waals surface area (Å²) < 4.78 is 5.21. The van der Waals surface area contributed by atoms with E-state index < -0.39 is 5.60 Å². The van der Waals surface area contributed by atoms with Crippen molar-refractivity contribution in [3.8, 4) is 0 Å². The Labute approximate surface area is 132 Å². The zero-order valence-electron chi connectivity index (χ0n) is 11.8. The normalized spacial score (nSPS) is 12.9. The van der Waals surface area contributed by atoms with Crippen molar-refractivity contribution in [1.29, 1.82) is 0 Å². The summed E-state index contributed by atoms with van der Waals surface area (Å²) in [5, 5.41) is 3.42. The topological polar surface area (TPSA) is 55.4 Å². The van der Waals surface area contributed by atoms with E-state index in [4.69, 9.17) is 4.74 Å². The number of carbonyl (C=O) groups excluding carboxylic acids is 2. The number of carbonyl (C=O) groups is 2. The van der Waals surface area contributed by atoms with Crippen molar-refractivity contribution in [3.05, 3.63) is 0 Å². The number of ether oxygens (including phenoxy) is 1. The fraction of sp³-hybridized carbons (Fsp3) is 0.846. The van der Waals surface area contributed by atoms with Crippen molar-refractivity contribution < 1.29 is 14.3 Å². The van der Waals surface area contributed by atoms with Gasteiger partial charge in [0, 0.05) is 18.3 Å². The highest BCUT2D eigenvalue weighted by molar-refractivity contribution is 9.12. The molecule has 0 saturated heterocycles.